The monoisotopic (exact) mass is 454 g/mol. The largest absolute Gasteiger partial charge is 0.361 e. The van der Waals surface area contributed by atoms with Gasteiger partial charge >= 0.3 is 0 Å². The summed E-state index contributed by atoms with van der Waals surface area (Å²) in [4.78, 5) is 24.1. The maximum absolute atomic E-state index is 13.4. The minimum Gasteiger partial charge on any atom is -0.361 e. The highest BCUT2D eigenvalue weighted by Crippen LogP contribution is 2.34. The number of aliphatic imine (C=N–C) groups is 1. The van der Waals surface area contributed by atoms with Crippen LogP contribution in [0.5, 0.6) is 0 Å². The quantitative estimate of drug-likeness (QED) is 0.343. The van der Waals surface area contributed by atoms with Crippen molar-refractivity contribution in [2.75, 3.05) is 6.54 Å². The fourth-order valence-corrected chi connectivity index (χ4v) is 4.99. The van der Waals surface area contributed by atoms with Crippen molar-refractivity contribution in [3.05, 3.63) is 95.3 Å². The molecule has 166 valence electrons. The van der Waals surface area contributed by atoms with Gasteiger partial charge in [-0.05, 0) is 73.5 Å². The summed E-state index contributed by atoms with van der Waals surface area (Å²) >= 11 is 1.45. The standard InChI is InChI=1S/C27H26N4OS/c1-19(2)30-14-12-20(18-30)16-25-26(32)31(27(33-25)29-22-8-4-3-5-9-22)15-13-21-17-28-24-11-7-6-10-23(21)24/h3-12,14,16-19,28H,13,15H2,1-2H3/b25-16+,29-27?. The number of carbonyl (C=O) groups excluding carboxylic acids is 1. The van der Waals surface area contributed by atoms with Crippen LogP contribution in [0.15, 0.2) is 89.2 Å². The minimum absolute atomic E-state index is 0.00631. The van der Waals surface area contributed by atoms with Crippen LogP contribution in [0.2, 0.25) is 0 Å². The van der Waals surface area contributed by atoms with Crippen LogP contribution in [0.25, 0.3) is 17.0 Å². The summed E-state index contributed by atoms with van der Waals surface area (Å²) in [7, 11) is 0. The van der Waals surface area contributed by atoms with E-state index in [1.165, 1.54) is 22.7 Å². The van der Waals surface area contributed by atoms with E-state index in [1.807, 2.05) is 65.7 Å². The first-order valence-electron chi connectivity index (χ1n) is 11.2. The second-order valence-corrected chi connectivity index (χ2v) is 9.40. The lowest BCUT2D eigenvalue weighted by Crippen LogP contribution is -2.31. The molecule has 2 aromatic heterocycles. The molecule has 5 rings (SSSR count). The van der Waals surface area contributed by atoms with Crippen LogP contribution in [0, 0.1) is 0 Å². The molecule has 2 aromatic carbocycles. The first kappa shape index (κ1) is 21.3. The average molecular weight is 455 g/mol. The maximum atomic E-state index is 13.4. The Labute approximate surface area is 197 Å². The van der Waals surface area contributed by atoms with E-state index < -0.39 is 0 Å². The Morgan fingerprint density at radius 1 is 1.06 bits per heavy atom. The minimum atomic E-state index is 0.00631. The molecule has 1 saturated heterocycles. The zero-order valence-electron chi connectivity index (χ0n) is 18.7. The van der Waals surface area contributed by atoms with Gasteiger partial charge in [-0.1, -0.05) is 36.4 Å². The Hall–Kier alpha value is -3.51. The summed E-state index contributed by atoms with van der Waals surface area (Å²) in [5.41, 5.74) is 4.19. The predicted molar refractivity (Wildman–Crippen MR) is 138 cm³/mol. The molecule has 0 aliphatic carbocycles. The van der Waals surface area contributed by atoms with E-state index in [4.69, 9.17) is 4.99 Å². The van der Waals surface area contributed by atoms with Crippen LogP contribution in [-0.2, 0) is 11.2 Å². The molecule has 4 aromatic rings. The van der Waals surface area contributed by atoms with Gasteiger partial charge in [-0.2, -0.15) is 0 Å². The Balaban J connectivity index is 1.44. The zero-order chi connectivity index (χ0) is 22.8. The molecule has 3 heterocycles. The number of hydrogen-bond donors (Lipinski definition) is 1. The number of rotatable bonds is 6. The maximum Gasteiger partial charge on any atom is 0.266 e. The lowest BCUT2D eigenvalue weighted by molar-refractivity contribution is -0.122. The topological polar surface area (TPSA) is 53.4 Å². The second kappa shape index (κ2) is 9.16. The molecule has 1 N–H and O–H groups in total. The Bertz CT molecular complexity index is 1350. The highest BCUT2D eigenvalue weighted by molar-refractivity contribution is 8.18. The van der Waals surface area contributed by atoms with Gasteiger partial charge in [0.2, 0.25) is 0 Å². The summed E-state index contributed by atoms with van der Waals surface area (Å²) < 4.78 is 2.14. The van der Waals surface area contributed by atoms with E-state index in [1.54, 1.807) is 0 Å². The third-order valence-electron chi connectivity index (χ3n) is 5.78. The van der Waals surface area contributed by atoms with Gasteiger partial charge in [0.25, 0.3) is 5.91 Å². The molecule has 1 aliphatic rings. The number of benzene rings is 2. The third kappa shape index (κ3) is 4.52. The number of thioether (sulfide) groups is 1. The molecule has 0 saturated carbocycles. The van der Waals surface area contributed by atoms with Gasteiger partial charge < -0.3 is 9.55 Å². The van der Waals surface area contributed by atoms with Crippen LogP contribution in [0.1, 0.15) is 31.0 Å². The van der Waals surface area contributed by atoms with Crippen LogP contribution in [0.4, 0.5) is 5.69 Å². The highest BCUT2D eigenvalue weighted by Gasteiger charge is 2.33. The molecule has 1 amide bonds. The van der Waals surface area contributed by atoms with Crippen molar-refractivity contribution >= 4 is 45.5 Å². The summed E-state index contributed by atoms with van der Waals surface area (Å²) in [5.74, 6) is 0.00631. The molecule has 0 bridgehead atoms. The molecule has 0 radical (unpaired) electrons. The van der Waals surface area contributed by atoms with Crippen molar-refractivity contribution in [1.82, 2.24) is 14.5 Å². The molecule has 5 nitrogen and oxygen atoms in total. The number of aromatic amines is 1. The first-order valence-corrected chi connectivity index (χ1v) is 12.0. The number of nitrogens with one attached hydrogen (secondary N) is 1. The number of hydrogen-bond acceptors (Lipinski definition) is 3. The summed E-state index contributed by atoms with van der Waals surface area (Å²) in [6.07, 6.45) is 8.89. The SMILES string of the molecule is CC(C)n1ccc(/C=C2/SC(=Nc3ccccc3)N(CCc3c[nH]c4ccccc34)C2=O)c1. The molecule has 0 unspecified atom stereocenters. The lowest BCUT2D eigenvalue weighted by Gasteiger charge is -2.15. The summed E-state index contributed by atoms with van der Waals surface area (Å²) in [6.45, 7) is 4.86. The normalized spacial score (nSPS) is 16.7. The van der Waals surface area contributed by atoms with Crippen molar-refractivity contribution in [3.63, 3.8) is 0 Å². The van der Waals surface area contributed by atoms with Crippen molar-refractivity contribution in [1.29, 1.82) is 0 Å². The molecule has 0 atom stereocenters. The molecule has 0 spiro atoms. The number of nitrogens with zero attached hydrogens (tertiary/aromatic N) is 3. The predicted octanol–water partition coefficient (Wildman–Crippen LogP) is 6.40. The third-order valence-corrected chi connectivity index (χ3v) is 6.79. The first-order chi connectivity index (χ1) is 16.1. The lowest BCUT2D eigenvalue weighted by atomic mass is 10.1. The Kier molecular flexibility index (Phi) is 5.92. The number of H-pyrrole nitrogens is 1. The van der Waals surface area contributed by atoms with Gasteiger partial charge in [0.05, 0.1) is 10.6 Å². The number of fused-ring (bicyclic) bond motifs is 1. The van der Waals surface area contributed by atoms with Crippen LogP contribution < -0.4 is 0 Å². The number of aromatic nitrogens is 2. The van der Waals surface area contributed by atoms with Gasteiger partial charge in [-0.25, -0.2) is 4.99 Å². The van der Waals surface area contributed by atoms with Crippen molar-refractivity contribution < 1.29 is 4.79 Å². The van der Waals surface area contributed by atoms with E-state index in [2.05, 4.69) is 47.9 Å². The summed E-state index contributed by atoms with van der Waals surface area (Å²) in [5, 5.41) is 1.92. The zero-order valence-corrected chi connectivity index (χ0v) is 19.5. The smallest absolute Gasteiger partial charge is 0.266 e. The molecule has 33 heavy (non-hydrogen) atoms. The molecular formula is C27H26N4OS. The summed E-state index contributed by atoms with van der Waals surface area (Å²) in [6, 6.07) is 20.5. The fraction of sp³-hybridized carbons (Fsp3) is 0.185. The van der Waals surface area contributed by atoms with Crippen LogP contribution >= 0.6 is 11.8 Å². The number of amides is 1. The van der Waals surface area contributed by atoms with E-state index in [0.29, 0.717) is 17.5 Å². The molecule has 6 heteroatoms. The van der Waals surface area contributed by atoms with E-state index in [-0.39, 0.29) is 5.91 Å². The second-order valence-electron chi connectivity index (χ2n) is 8.39. The number of amidine groups is 1. The molecule has 1 fully saturated rings. The van der Waals surface area contributed by atoms with Crippen molar-refractivity contribution in [3.8, 4) is 0 Å². The van der Waals surface area contributed by atoms with Gasteiger partial charge in [0, 0.05) is 42.1 Å². The molecule has 1 aliphatic heterocycles. The Morgan fingerprint density at radius 3 is 2.64 bits per heavy atom. The van der Waals surface area contributed by atoms with E-state index >= 15 is 0 Å². The van der Waals surface area contributed by atoms with Gasteiger partial charge in [-0.3, -0.25) is 9.69 Å². The van der Waals surface area contributed by atoms with Gasteiger partial charge in [0.15, 0.2) is 5.17 Å². The van der Waals surface area contributed by atoms with E-state index in [9.17, 15) is 4.79 Å². The van der Waals surface area contributed by atoms with Crippen molar-refractivity contribution in [2.24, 2.45) is 4.99 Å². The average Bonchev–Trinajstić information content (AvgIpc) is 3.53. The fourth-order valence-electron chi connectivity index (χ4n) is 3.96. The molecular weight excluding hydrogens is 428 g/mol. The van der Waals surface area contributed by atoms with Crippen LogP contribution in [0.3, 0.4) is 0 Å². The van der Waals surface area contributed by atoms with Crippen LogP contribution in [-0.4, -0.2) is 32.1 Å². The van der Waals surface area contributed by atoms with Gasteiger partial charge in [0.1, 0.15) is 0 Å². The number of para-hydroxylation sites is 2. The van der Waals surface area contributed by atoms with E-state index in [0.717, 1.165) is 28.4 Å². The van der Waals surface area contributed by atoms with Crippen molar-refractivity contribution in [2.45, 2.75) is 26.3 Å². The Morgan fingerprint density at radius 2 is 1.85 bits per heavy atom. The highest BCUT2D eigenvalue weighted by atomic mass is 32.2. The number of carbonyl (C=O) groups is 1. The van der Waals surface area contributed by atoms with Gasteiger partial charge in [-0.15, -0.1) is 0 Å².